The Balaban J connectivity index is 0.00000272. The molecule has 2 N–H and O–H groups in total. The van der Waals surface area contributed by atoms with Crippen LogP contribution in [-0.4, -0.2) is 31.8 Å². The number of aliphatic hydroxyl groups excluding tert-OH is 1. The molecule has 0 bridgehead atoms. The molecule has 0 saturated carbocycles. The van der Waals surface area contributed by atoms with Crippen molar-refractivity contribution in [1.82, 2.24) is 9.88 Å². The van der Waals surface area contributed by atoms with Crippen LogP contribution >= 0.6 is 12.4 Å². The fourth-order valence-corrected chi connectivity index (χ4v) is 3.50. The number of nitrogens with zero attached hydrogens (tertiary/aromatic N) is 2. The monoisotopic (exact) mass is 440 g/mol. The number of Topliss-reactive ketones (excluding diaryl/α,β-unsaturated/α-hetero) is 1. The van der Waals surface area contributed by atoms with Gasteiger partial charge in [0.05, 0.1) is 11.6 Å². The van der Waals surface area contributed by atoms with Gasteiger partial charge in [-0.2, -0.15) is 0 Å². The molecule has 2 heterocycles. The van der Waals surface area contributed by atoms with Gasteiger partial charge in [0, 0.05) is 24.5 Å². The lowest BCUT2D eigenvalue weighted by atomic mass is 9.95. The minimum Gasteiger partial charge on any atom is -0.508 e. The Morgan fingerprint density at radius 2 is 1.71 bits per heavy atom. The van der Waals surface area contributed by atoms with Crippen LogP contribution in [0, 0.1) is 5.82 Å². The van der Waals surface area contributed by atoms with Gasteiger partial charge in [-0.25, -0.2) is 4.39 Å². The van der Waals surface area contributed by atoms with E-state index in [1.165, 1.54) is 29.2 Å². The summed E-state index contributed by atoms with van der Waals surface area (Å²) in [5, 5.41) is 20.5. The second-order valence-electron chi connectivity index (χ2n) is 6.89. The van der Waals surface area contributed by atoms with Crippen molar-refractivity contribution in [2.45, 2.75) is 12.6 Å². The van der Waals surface area contributed by atoms with Gasteiger partial charge in [-0.05, 0) is 53.6 Å². The molecular weight excluding hydrogens is 423 g/mol. The lowest BCUT2D eigenvalue weighted by molar-refractivity contribution is -0.140. The number of ketones is 1. The molecule has 1 amide bonds. The van der Waals surface area contributed by atoms with E-state index < -0.39 is 23.5 Å². The van der Waals surface area contributed by atoms with Crippen LogP contribution in [-0.2, 0) is 16.1 Å². The second-order valence-corrected chi connectivity index (χ2v) is 6.89. The zero-order chi connectivity index (χ0) is 21.3. The average molecular weight is 441 g/mol. The van der Waals surface area contributed by atoms with Crippen molar-refractivity contribution in [3.8, 4) is 5.75 Å². The highest BCUT2D eigenvalue weighted by molar-refractivity contribution is 6.46. The summed E-state index contributed by atoms with van der Waals surface area (Å²) in [7, 11) is 0. The van der Waals surface area contributed by atoms with Gasteiger partial charge in [-0.1, -0.05) is 18.2 Å². The number of pyridine rings is 1. The maximum Gasteiger partial charge on any atom is 0.295 e. The lowest BCUT2D eigenvalue weighted by Crippen LogP contribution is -2.29. The molecule has 1 saturated heterocycles. The SMILES string of the molecule is Cl.O=C1C(=O)N(Cc2cccnc2)C(c2ccc(O)cc2)/C1=C(\O)c1ccc(F)cc1. The van der Waals surface area contributed by atoms with Gasteiger partial charge in [0.2, 0.25) is 0 Å². The predicted octanol–water partition coefficient (Wildman–Crippen LogP) is 3.97. The molecule has 1 fully saturated rings. The molecule has 1 aliphatic heterocycles. The molecule has 0 radical (unpaired) electrons. The Hall–Kier alpha value is -3.71. The zero-order valence-corrected chi connectivity index (χ0v) is 16.9. The van der Waals surface area contributed by atoms with Crippen LogP contribution < -0.4 is 0 Å². The lowest BCUT2D eigenvalue weighted by Gasteiger charge is -2.25. The number of amides is 1. The van der Waals surface area contributed by atoms with Crippen LogP contribution in [0.1, 0.15) is 22.7 Å². The number of phenols is 1. The van der Waals surface area contributed by atoms with Crippen LogP contribution in [0.15, 0.2) is 78.6 Å². The molecule has 158 valence electrons. The molecule has 3 aromatic rings. The molecule has 2 aromatic carbocycles. The molecule has 1 unspecified atom stereocenters. The Morgan fingerprint density at radius 1 is 1.03 bits per heavy atom. The normalized spacial score (nSPS) is 17.5. The average Bonchev–Trinajstić information content (AvgIpc) is 3.00. The third-order valence-corrected chi connectivity index (χ3v) is 4.94. The fourth-order valence-electron chi connectivity index (χ4n) is 3.50. The number of halogens is 2. The number of carbonyl (C=O) groups is 2. The minimum absolute atomic E-state index is 0. The second kappa shape index (κ2) is 8.97. The summed E-state index contributed by atoms with van der Waals surface area (Å²) < 4.78 is 13.3. The number of rotatable bonds is 4. The fraction of sp³-hybridized carbons (Fsp3) is 0.0870. The highest BCUT2D eigenvalue weighted by atomic mass is 35.5. The van der Waals surface area contributed by atoms with Crippen molar-refractivity contribution in [2.75, 3.05) is 0 Å². The maximum atomic E-state index is 13.3. The first-order valence-corrected chi connectivity index (χ1v) is 9.18. The predicted molar refractivity (Wildman–Crippen MR) is 114 cm³/mol. The summed E-state index contributed by atoms with van der Waals surface area (Å²) in [6.45, 7) is 0.101. The number of hydrogen-bond donors (Lipinski definition) is 2. The van der Waals surface area contributed by atoms with Gasteiger partial charge in [-0.15, -0.1) is 12.4 Å². The van der Waals surface area contributed by atoms with E-state index in [0.29, 0.717) is 11.1 Å². The number of hydrogen-bond acceptors (Lipinski definition) is 5. The summed E-state index contributed by atoms with van der Waals surface area (Å²) in [5.41, 5.74) is 1.38. The molecular formula is C23H18ClFN2O4. The van der Waals surface area contributed by atoms with E-state index in [9.17, 15) is 24.2 Å². The quantitative estimate of drug-likeness (QED) is 0.364. The van der Waals surface area contributed by atoms with E-state index >= 15 is 0 Å². The minimum atomic E-state index is -0.879. The summed E-state index contributed by atoms with van der Waals surface area (Å²) in [5.74, 6) is -2.44. The Morgan fingerprint density at radius 3 is 2.32 bits per heavy atom. The maximum absolute atomic E-state index is 13.3. The van der Waals surface area contributed by atoms with Crippen molar-refractivity contribution in [3.63, 3.8) is 0 Å². The Labute approximate surface area is 183 Å². The number of likely N-dealkylation sites (tertiary alicyclic amines) is 1. The summed E-state index contributed by atoms with van der Waals surface area (Å²) in [6, 6.07) is 13.7. The largest absolute Gasteiger partial charge is 0.508 e. The molecule has 8 heteroatoms. The van der Waals surface area contributed by atoms with Gasteiger partial charge in [0.25, 0.3) is 11.7 Å². The third kappa shape index (κ3) is 4.27. The van der Waals surface area contributed by atoms with Crippen LogP contribution in [0.5, 0.6) is 5.75 Å². The van der Waals surface area contributed by atoms with Crippen LogP contribution in [0.25, 0.3) is 5.76 Å². The Kier molecular flexibility index (Phi) is 6.36. The molecule has 4 rings (SSSR count). The third-order valence-electron chi connectivity index (χ3n) is 4.94. The van der Waals surface area contributed by atoms with Gasteiger partial charge in [-0.3, -0.25) is 14.6 Å². The zero-order valence-electron chi connectivity index (χ0n) is 16.1. The van der Waals surface area contributed by atoms with Gasteiger partial charge >= 0.3 is 0 Å². The van der Waals surface area contributed by atoms with Crippen molar-refractivity contribution in [2.24, 2.45) is 0 Å². The first-order valence-electron chi connectivity index (χ1n) is 9.18. The smallest absolute Gasteiger partial charge is 0.295 e. The van der Waals surface area contributed by atoms with Gasteiger partial charge < -0.3 is 15.1 Å². The molecule has 6 nitrogen and oxygen atoms in total. The number of benzene rings is 2. The van der Waals surface area contributed by atoms with Gasteiger partial charge in [0.15, 0.2) is 0 Å². The van der Waals surface area contributed by atoms with Crippen LogP contribution in [0.2, 0.25) is 0 Å². The highest BCUT2D eigenvalue weighted by Crippen LogP contribution is 2.40. The van der Waals surface area contributed by atoms with Gasteiger partial charge in [0.1, 0.15) is 17.3 Å². The first kappa shape index (κ1) is 22.0. The number of aliphatic hydroxyl groups is 1. The molecule has 1 aliphatic rings. The van der Waals surface area contributed by atoms with Crippen molar-refractivity contribution in [1.29, 1.82) is 0 Å². The van der Waals surface area contributed by atoms with Crippen LogP contribution in [0.3, 0.4) is 0 Å². The highest BCUT2D eigenvalue weighted by Gasteiger charge is 2.46. The molecule has 1 atom stereocenters. The topological polar surface area (TPSA) is 90.7 Å². The molecule has 1 aromatic heterocycles. The number of aromatic nitrogens is 1. The van der Waals surface area contributed by atoms with E-state index in [1.807, 2.05) is 0 Å². The summed E-state index contributed by atoms with van der Waals surface area (Å²) in [4.78, 5) is 31.1. The van der Waals surface area contributed by atoms with Crippen molar-refractivity contribution < 1.29 is 24.2 Å². The molecule has 0 aliphatic carbocycles. The van der Waals surface area contributed by atoms with E-state index in [1.54, 1.807) is 36.7 Å². The molecule has 31 heavy (non-hydrogen) atoms. The van der Waals surface area contributed by atoms with E-state index in [4.69, 9.17) is 0 Å². The van der Waals surface area contributed by atoms with E-state index in [0.717, 1.165) is 12.1 Å². The van der Waals surface area contributed by atoms with Crippen LogP contribution in [0.4, 0.5) is 4.39 Å². The molecule has 0 spiro atoms. The number of phenolic OH excluding ortho intramolecular Hbond substituents is 1. The Bertz CT molecular complexity index is 1130. The van der Waals surface area contributed by atoms with Crippen molar-refractivity contribution in [3.05, 3.63) is 101 Å². The van der Waals surface area contributed by atoms with E-state index in [2.05, 4.69) is 4.98 Å². The summed E-state index contributed by atoms with van der Waals surface area (Å²) in [6.07, 6.45) is 3.19. The standard InChI is InChI=1S/C23H17FN2O4.ClH/c24-17-7-3-16(4-8-17)21(28)19-20(15-5-9-18(27)10-6-15)26(23(30)22(19)29)13-14-2-1-11-25-12-14;/h1-12,20,27-28H,13H2;1H/b21-19+;. The first-order chi connectivity index (χ1) is 14.5. The number of carbonyl (C=O) groups excluding carboxylic acids is 2. The van der Waals surface area contributed by atoms with E-state index in [-0.39, 0.29) is 41.6 Å². The summed E-state index contributed by atoms with van der Waals surface area (Å²) >= 11 is 0. The number of aromatic hydroxyl groups is 1. The van der Waals surface area contributed by atoms with Crippen molar-refractivity contribution >= 4 is 29.9 Å².